The number of hydrogen-bond donors (Lipinski definition) is 8. The number of phosphoric ester groups is 1. The van der Waals surface area contributed by atoms with E-state index in [2.05, 4.69) is 30.2 Å². The van der Waals surface area contributed by atoms with Gasteiger partial charge >= 0.3 is 7.82 Å². The van der Waals surface area contributed by atoms with Gasteiger partial charge in [0.1, 0.15) is 42.3 Å². The van der Waals surface area contributed by atoms with Gasteiger partial charge in [0.05, 0.1) is 18.8 Å². The second-order valence-electron chi connectivity index (χ2n) is 10.4. The number of imidazole rings is 1. The summed E-state index contributed by atoms with van der Waals surface area (Å²) >= 11 is 0.892. The molecule has 45 heavy (non-hydrogen) atoms. The third-order valence-electron chi connectivity index (χ3n) is 6.25. The second-order valence-corrected chi connectivity index (χ2v) is 14.7. The molecule has 24 heteroatoms. The maximum absolute atomic E-state index is 12.8. The van der Waals surface area contributed by atoms with E-state index in [4.69, 9.17) is 27.1 Å². The predicted molar refractivity (Wildman–Crippen MR) is 157 cm³/mol. The van der Waals surface area contributed by atoms with E-state index in [0.717, 1.165) is 11.8 Å². The lowest BCUT2D eigenvalue weighted by Crippen LogP contribution is -2.46. The van der Waals surface area contributed by atoms with Crippen molar-refractivity contribution in [2.45, 2.75) is 58.0 Å². The Bertz CT molecular complexity index is 1400. The van der Waals surface area contributed by atoms with E-state index in [0.29, 0.717) is 5.82 Å². The molecule has 1 aromatic heterocycles. The zero-order valence-corrected chi connectivity index (χ0v) is 26.9. The van der Waals surface area contributed by atoms with Crippen LogP contribution in [0.1, 0.15) is 39.1 Å². The van der Waals surface area contributed by atoms with Gasteiger partial charge in [0.25, 0.3) is 7.47 Å². The van der Waals surface area contributed by atoms with Gasteiger partial charge < -0.3 is 46.6 Å². The number of phosphoric acid groups is 1. The van der Waals surface area contributed by atoms with Crippen molar-refractivity contribution in [1.29, 1.82) is 0 Å². The largest absolute Gasteiger partial charge is 0.478 e. The molecule has 9 N–H and O–H groups in total. The fraction of sp³-hybridized carbons (Fsp3) is 0.667. The molecule has 0 saturated carbocycles. The van der Waals surface area contributed by atoms with Crippen molar-refractivity contribution >= 4 is 63.2 Å². The molecule has 7 atom stereocenters. The minimum atomic E-state index is -5.30. The van der Waals surface area contributed by atoms with Gasteiger partial charge in [-0.15, -0.1) is 0 Å². The number of thioether (sulfide) groups is 1. The Morgan fingerprint density at radius 3 is 2.67 bits per heavy atom. The molecule has 2 aliphatic rings. The maximum atomic E-state index is 12.8. The summed E-state index contributed by atoms with van der Waals surface area (Å²) in [5, 5.41) is 38.8. The Hall–Kier alpha value is -2.36. The Labute approximate surface area is 262 Å². The number of nitrogens with zero attached hydrogens (tertiary/aromatic N) is 3. The minimum Gasteiger partial charge on any atom is -0.385 e. The van der Waals surface area contributed by atoms with E-state index >= 15 is 0 Å². The molecule has 1 saturated heterocycles. The molecule has 0 spiro atoms. The number of amidine groups is 1. The summed E-state index contributed by atoms with van der Waals surface area (Å²) in [4.78, 5) is 53.1. The van der Waals surface area contributed by atoms with E-state index in [-0.39, 0.29) is 42.2 Å². The lowest BCUT2D eigenvalue weighted by atomic mass is 9.87. The third kappa shape index (κ3) is 10.1. The van der Waals surface area contributed by atoms with Crippen LogP contribution in [-0.2, 0) is 41.6 Å². The number of ether oxygens (including phenoxy) is 1. The van der Waals surface area contributed by atoms with Gasteiger partial charge in [0, 0.05) is 25.3 Å². The number of rotatable bonds is 15. The molecule has 1 aromatic rings. The van der Waals surface area contributed by atoms with Crippen LogP contribution in [0.25, 0.3) is 0 Å². The first-order valence-corrected chi connectivity index (χ1v) is 17.2. The Kier molecular flexibility index (Phi) is 12.4. The Morgan fingerprint density at radius 1 is 1.31 bits per heavy atom. The molecule has 0 aromatic carbocycles. The average molecular weight is 697 g/mol. The van der Waals surface area contributed by atoms with E-state index < -0.39 is 70.0 Å². The summed E-state index contributed by atoms with van der Waals surface area (Å²) in [6, 6.07) is 0. The second kappa shape index (κ2) is 15.0. The summed E-state index contributed by atoms with van der Waals surface area (Å²) < 4.78 is 46.2. The van der Waals surface area contributed by atoms with Gasteiger partial charge in [0.2, 0.25) is 19.4 Å². The SMILES string of the molecule is [B]P(=O)(O[C@H]1O[C@@H](n2cnc3c2NCN=C3N)[C@H](O)[C@@H]1O)OP(=O)(O)OCC(C)(C)C(O)C(=O)NCCC(=O)NCSC(C)=O. The molecule has 0 bridgehead atoms. The topological polar surface area (TPSA) is 295 Å². The van der Waals surface area contributed by atoms with Gasteiger partial charge in [-0.25, -0.2) is 18.9 Å². The molecule has 2 amide bonds. The average Bonchev–Trinajstić information content (AvgIpc) is 3.48. The molecule has 1 fully saturated rings. The highest BCUT2D eigenvalue weighted by Gasteiger charge is 2.49. The molecular weight excluding hydrogens is 663 g/mol. The van der Waals surface area contributed by atoms with E-state index in [1.54, 1.807) is 0 Å². The predicted octanol–water partition coefficient (Wildman–Crippen LogP) is -1.78. The van der Waals surface area contributed by atoms with Crippen LogP contribution in [-0.4, -0.2) is 110 Å². The number of nitrogens with one attached hydrogen (secondary N) is 3. The summed E-state index contributed by atoms with van der Waals surface area (Å²) in [6.07, 6.45) is -7.54. The van der Waals surface area contributed by atoms with Crippen LogP contribution in [0.5, 0.6) is 0 Å². The highest BCUT2D eigenvalue weighted by atomic mass is 32.2. The zero-order valence-electron chi connectivity index (χ0n) is 24.3. The smallest absolute Gasteiger partial charge is 0.385 e. The normalized spacial score (nSPS) is 24.7. The number of hydrogen-bond acceptors (Lipinski definition) is 17. The van der Waals surface area contributed by atoms with Gasteiger partial charge in [-0.1, -0.05) is 25.6 Å². The highest BCUT2D eigenvalue weighted by Crippen LogP contribution is 2.61. The van der Waals surface area contributed by atoms with Crippen LogP contribution in [0.3, 0.4) is 0 Å². The van der Waals surface area contributed by atoms with Crippen LogP contribution < -0.4 is 21.7 Å². The van der Waals surface area contributed by atoms with Crippen molar-refractivity contribution in [2.75, 3.05) is 31.0 Å². The first-order chi connectivity index (χ1) is 20.8. The number of aliphatic imine (C=N–C) groups is 1. The van der Waals surface area contributed by atoms with Crippen molar-refractivity contribution < 1.29 is 61.8 Å². The number of aromatic nitrogens is 2. The Morgan fingerprint density at radius 2 is 2.00 bits per heavy atom. The fourth-order valence-corrected chi connectivity index (χ4v) is 6.74. The lowest BCUT2D eigenvalue weighted by molar-refractivity contribution is -0.137. The van der Waals surface area contributed by atoms with Gasteiger partial charge in [-0.05, 0) is 0 Å². The molecule has 0 aliphatic carbocycles. The zero-order chi connectivity index (χ0) is 33.7. The number of carbonyl (C=O) groups is 3. The molecule has 3 rings (SSSR count). The number of anilines is 1. The van der Waals surface area contributed by atoms with E-state index in [1.807, 2.05) is 0 Å². The highest BCUT2D eigenvalue weighted by molar-refractivity contribution is 8.13. The number of amides is 2. The number of nitrogens with two attached hydrogens (primary N) is 1. The van der Waals surface area contributed by atoms with Crippen LogP contribution in [0.4, 0.5) is 5.82 Å². The van der Waals surface area contributed by atoms with Crippen molar-refractivity contribution in [1.82, 2.24) is 20.2 Å². The first-order valence-electron chi connectivity index (χ1n) is 13.1. The third-order valence-corrected chi connectivity index (χ3v) is 9.64. The summed E-state index contributed by atoms with van der Waals surface area (Å²) in [6.45, 7) is 3.07. The first kappa shape index (κ1) is 37.1. The number of aliphatic hydroxyl groups is 3. The summed E-state index contributed by atoms with van der Waals surface area (Å²) in [5.41, 5.74) is 4.51. The van der Waals surface area contributed by atoms with E-state index in [1.165, 1.54) is 31.7 Å². The standard InChI is InChI=1S/C21H34BN7O13P2S/c1-10(30)45-9-28-11(31)4-5-24-18(35)15(34)21(2,3)6-39-44(37,38)42-43(22,36)41-20-14(33)13(32)19(40-20)29-8-27-12-16(23)25-7-26-17(12)29/h8,13-15,19-20,26,32-34H,4-7,9H2,1-3H3,(H2,23,25)(H,24,35)(H,28,31)(H,37,38)/t13-,14+,15?,19-,20-,43?/m1/s1. The molecule has 2 aliphatic heterocycles. The molecule has 3 heterocycles. The molecular formula is C21H34BN7O13P2S. The van der Waals surface area contributed by atoms with Crippen LogP contribution >= 0.6 is 27.1 Å². The maximum Gasteiger partial charge on any atom is 0.478 e. The molecule has 3 unspecified atom stereocenters. The minimum absolute atomic E-state index is 0.0623. The van der Waals surface area contributed by atoms with Crippen LogP contribution in [0, 0.1) is 5.41 Å². The number of fused-ring (bicyclic) bond motifs is 1. The fourth-order valence-electron chi connectivity index (χ4n) is 3.85. The van der Waals surface area contributed by atoms with Gasteiger partial charge in [-0.3, -0.25) is 32.6 Å². The van der Waals surface area contributed by atoms with Gasteiger partial charge in [0.15, 0.2) is 17.6 Å². The number of aliphatic hydroxyl groups excluding tert-OH is 3. The monoisotopic (exact) mass is 697 g/mol. The Balaban J connectivity index is 1.51. The summed E-state index contributed by atoms with van der Waals surface area (Å²) in [7, 11) is -4.88. The van der Waals surface area contributed by atoms with Crippen molar-refractivity contribution in [3.8, 4) is 0 Å². The summed E-state index contributed by atoms with van der Waals surface area (Å²) in [5.74, 6) is -0.913. The lowest BCUT2D eigenvalue weighted by Gasteiger charge is -2.30. The van der Waals surface area contributed by atoms with Crippen molar-refractivity contribution in [3.05, 3.63) is 12.0 Å². The van der Waals surface area contributed by atoms with Crippen LogP contribution in [0.2, 0.25) is 0 Å². The number of carbonyl (C=O) groups excluding carboxylic acids is 3. The molecule has 2 radical (unpaired) electrons. The molecule has 250 valence electrons. The van der Waals surface area contributed by atoms with Gasteiger partial charge in [-0.2, -0.15) is 0 Å². The van der Waals surface area contributed by atoms with Crippen molar-refractivity contribution in [2.24, 2.45) is 16.1 Å². The quantitative estimate of drug-likeness (QED) is 0.0571. The van der Waals surface area contributed by atoms with Crippen LogP contribution in [0.15, 0.2) is 11.3 Å². The van der Waals surface area contributed by atoms with E-state index in [9.17, 15) is 43.7 Å². The van der Waals surface area contributed by atoms with Crippen molar-refractivity contribution in [3.63, 3.8) is 0 Å². The molecule has 20 nitrogen and oxygen atoms in total.